The van der Waals surface area contributed by atoms with E-state index in [4.69, 9.17) is 4.74 Å². The number of rotatable bonds is 5. The van der Waals surface area contributed by atoms with Crippen LogP contribution in [0.15, 0.2) is 51.8 Å². The molecule has 6 heteroatoms. The van der Waals surface area contributed by atoms with E-state index in [1.54, 1.807) is 31.4 Å². The Morgan fingerprint density at radius 1 is 1.18 bits per heavy atom. The molecule has 0 saturated heterocycles. The molecule has 0 N–H and O–H groups in total. The van der Waals surface area contributed by atoms with Crippen molar-refractivity contribution in [3.8, 4) is 5.75 Å². The van der Waals surface area contributed by atoms with Gasteiger partial charge in [-0.15, -0.1) is 0 Å². The predicted octanol–water partition coefficient (Wildman–Crippen LogP) is 3.98. The topological polar surface area (TPSA) is 46.6 Å². The molecule has 0 aliphatic rings. The summed E-state index contributed by atoms with van der Waals surface area (Å²) in [6.07, 6.45) is 0. The lowest BCUT2D eigenvalue weighted by atomic mass is 10.2. The van der Waals surface area contributed by atoms with E-state index in [2.05, 4.69) is 15.9 Å². The molecule has 0 heterocycles. The zero-order valence-corrected chi connectivity index (χ0v) is 15.1. The van der Waals surface area contributed by atoms with E-state index < -0.39 is 10.0 Å². The molecule has 0 unspecified atom stereocenters. The first-order chi connectivity index (χ1) is 10.4. The number of anilines is 1. The van der Waals surface area contributed by atoms with Crippen molar-refractivity contribution in [1.29, 1.82) is 0 Å². The summed E-state index contributed by atoms with van der Waals surface area (Å²) in [7, 11) is -2.08. The summed E-state index contributed by atoms with van der Waals surface area (Å²) >= 11 is 3.33. The molecule has 4 nitrogen and oxygen atoms in total. The van der Waals surface area contributed by atoms with Crippen molar-refractivity contribution in [1.82, 2.24) is 0 Å². The molecule has 0 aliphatic heterocycles. The van der Waals surface area contributed by atoms with E-state index in [0.717, 1.165) is 5.56 Å². The van der Waals surface area contributed by atoms with Crippen LogP contribution in [0.25, 0.3) is 0 Å². The van der Waals surface area contributed by atoms with Gasteiger partial charge in [0.05, 0.1) is 22.2 Å². The minimum Gasteiger partial charge on any atom is -0.496 e. The van der Waals surface area contributed by atoms with Crippen LogP contribution >= 0.6 is 15.9 Å². The first-order valence-electron chi connectivity index (χ1n) is 6.83. The van der Waals surface area contributed by atoms with E-state index in [0.29, 0.717) is 22.5 Å². The lowest BCUT2D eigenvalue weighted by Crippen LogP contribution is -2.30. The van der Waals surface area contributed by atoms with Crippen molar-refractivity contribution in [3.63, 3.8) is 0 Å². The maximum absolute atomic E-state index is 12.9. The number of ether oxygens (including phenoxy) is 1. The molecule has 0 spiro atoms. The fraction of sp³-hybridized carbons (Fsp3) is 0.250. The molecule has 2 aromatic rings. The highest BCUT2D eigenvalue weighted by atomic mass is 79.9. The Labute approximate surface area is 139 Å². The SMILES string of the molecule is CCN(c1cccc(C)c1)S(=O)(=O)c1ccc(OC)c(Br)c1. The standard InChI is InChI=1S/C16H18BrNO3S/c1-4-18(13-7-5-6-12(2)10-13)22(19,20)14-8-9-16(21-3)15(17)11-14/h5-11H,4H2,1-3H3. The highest BCUT2D eigenvalue weighted by Gasteiger charge is 2.24. The smallest absolute Gasteiger partial charge is 0.264 e. The maximum Gasteiger partial charge on any atom is 0.264 e. The van der Waals surface area contributed by atoms with Gasteiger partial charge in [-0.1, -0.05) is 12.1 Å². The molecule has 0 aromatic heterocycles. The fourth-order valence-electron chi connectivity index (χ4n) is 2.21. The lowest BCUT2D eigenvalue weighted by Gasteiger charge is -2.23. The number of methoxy groups -OCH3 is 1. The van der Waals surface area contributed by atoms with Gasteiger partial charge in [0.15, 0.2) is 0 Å². The Morgan fingerprint density at radius 2 is 1.91 bits per heavy atom. The Bertz CT molecular complexity index is 775. The van der Waals surface area contributed by atoms with Gasteiger partial charge in [0.1, 0.15) is 5.75 Å². The van der Waals surface area contributed by atoms with Crippen molar-refractivity contribution in [2.24, 2.45) is 0 Å². The molecule has 22 heavy (non-hydrogen) atoms. The number of halogens is 1. The molecule has 0 bridgehead atoms. The summed E-state index contributed by atoms with van der Waals surface area (Å²) in [5.74, 6) is 0.595. The zero-order chi connectivity index (χ0) is 16.3. The highest BCUT2D eigenvalue weighted by Crippen LogP contribution is 2.30. The molecule has 0 radical (unpaired) electrons. The van der Waals surface area contributed by atoms with Crippen LogP contribution in [0.3, 0.4) is 0 Å². The minimum absolute atomic E-state index is 0.225. The summed E-state index contributed by atoms with van der Waals surface area (Å²) < 4.78 is 32.9. The van der Waals surface area contributed by atoms with E-state index in [9.17, 15) is 8.42 Å². The summed E-state index contributed by atoms with van der Waals surface area (Å²) in [6.45, 7) is 4.11. The maximum atomic E-state index is 12.9. The Hall–Kier alpha value is -1.53. The third-order valence-electron chi connectivity index (χ3n) is 3.29. The number of hydrogen-bond acceptors (Lipinski definition) is 3. The van der Waals surface area contributed by atoms with E-state index in [-0.39, 0.29) is 4.90 Å². The van der Waals surface area contributed by atoms with Crippen LogP contribution in [0.5, 0.6) is 5.75 Å². The average molecular weight is 384 g/mol. The van der Waals surface area contributed by atoms with Crippen molar-refractivity contribution in [3.05, 3.63) is 52.5 Å². The molecular weight excluding hydrogens is 366 g/mol. The second kappa shape index (κ2) is 6.71. The minimum atomic E-state index is -3.62. The Balaban J connectivity index is 2.49. The molecule has 0 fully saturated rings. The van der Waals surface area contributed by atoms with Crippen LogP contribution in [0.2, 0.25) is 0 Å². The van der Waals surface area contributed by atoms with Gasteiger partial charge in [-0.3, -0.25) is 4.31 Å². The number of sulfonamides is 1. The van der Waals surface area contributed by atoms with E-state index in [1.165, 1.54) is 4.31 Å². The van der Waals surface area contributed by atoms with Crippen LogP contribution in [0.4, 0.5) is 5.69 Å². The van der Waals surface area contributed by atoms with Gasteiger partial charge in [-0.25, -0.2) is 8.42 Å². The first-order valence-corrected chi connectivity index (χ1v) is 9.06. The first kappa shape index (κ1) is 16.8. The molecule has 0 atom stereocenters. The lowest BCUT2D eigenvalue weighted by molar-refractivity contribution is 0.411. The van der Waals surface area contributed by atoms with Gasteiger partial charge >= 0.3 is 0 Å². The van der Waals surface area contributed by atoms with E-state index in [1.807, 2.05) is 32.0 Å². The molecule has 2 aromatic carbocycles. The quantitative estimate of drug-likeness (QED) is 0.784. The van der Waals surface area contributed by atoms with Crippen molar-refractivity contribution >= 4 is 31.6 Å². The van der Waals surface area contributed by atoms with Crippen LogP contribution in [-0.2, 0) is 10.0 Å². The summed E-state index contributed by atoms with van der Waals surface area (Å²) in [5.41, 5.74) is 1.68. The third-order valence-corrected chi connectivity index (χ3v) is 5.81. The molecular formula is C16H18BrNO3S. The Morgan fingerprint density at radius 3 is 2.45 bits per heavy atom. The van der Waals surface area contributed by atoms with Crippen molar-refractivity contribution < 1.29 is 13.2 Å². The monoisotopic (exact) mass is 383 g/mol. The van der Waals surface area contributed by atoms with Gasteiger partial charge in [-0.05, 0) is 65.7 Å². The largest absolute Gasteiger partial charge is 0.496 e. The van der Waals surface area contributed by atoms with Gasteiger partial charge in [0.25, 0.3) is 10.0 Å². The van der Waals surface area contributed by atoms with Crippen LogP contribution in [0, 0.1) is 6.92 Å². The number of nitrogens with zero attached hydrogens (tertiary/aromatic N) is 1. The van der Waals surface area contributed by atoms with Crippen LogP contribution < -0.4 is 9.04 Å². The number of hydrogen-bond donors (Lipinski definition) is 0. The molecule has 0 amide bonds. The summed E-state index contributed by atoms with van der Waals surface area (Å²) in [4.78, 5) is 0.225. The normalized spacial score (nSPS) is 11.3. The van der Waals surface area contributed by atoms with Crippen molar-refractivity contribution in [2.75, 3.05) is 18.0 Å². The molecule has 2 rings (SSSR count). The second-order valence-electron chi connectivity index (χ2n) is 4.81. The third kappa shape index (κ3) is 3.28. The fourth-order valence-corrected chi connectivity index (χ4v) is 4.39. The van der Waals surface area contributed by atoms with Crippen LogP contribution in [0.1, 0.15) is 12.5 Å². The molecule has 118 valence electrons. The molecule has 0 aliphatic carbocycles. The summed E-state index contributed by atoms with van der Waals surface area (Å²) in [5, 5.41) is 0. The van der Waals surface area contributed by atoms with Gasteiger partial charge in [-0.2, -0.15) is 0 Å². The predicted molar refractivity (Wildman–Crippen MR) is 92.1 cm³/mol. The Kier molecular flexibility index (Phi) is 5.13. The van der Waals surface area contributed by atoms with Gasteiger partial charge in [0.2, 0.25) is 0 Å². The average Bonchev–Trinajstić information content (AvgIpc) is 2.47. The van der Waals surface area contributed by atoms with Crippen molar-refractivity contribution in [2.45, 2.75) is 18.7 Å². The summed E-state index contributed by atoms with van der Waals surface area (Å²) in [6, 6.07) is 12.2. The van der Waals surface area contributed by atoms with Crippen LogP contribution in [-0.4, -0.2) is 22.1 Å². The second-order valence-corrected chi connectivity index (χ2v) is 7.52. The number of benzene rings is 2. The van der Waals surface area contributed by atoms with E-state index >= 15 is 0 Å². The number of aryl methyl sites for hydroxylation is 1. The van der Waals surface area contributed by atoms with Gasteiger partial charge < -0.3 is 4.74 Å². The zero-order valence-electron chi connectivity index (χ0n) is 12.7. The van der Waals surface area contributed by atoms with Gasteiger partial charge in [0, 0.05) is 6.54 Å². The highest BCUT2D eigenvalue weighted by molar-refractivity contribution is 9.10. The molecule has 0 saturated carbocycles.